The molecule has 0 aliphatic rings. The third-order valence-electron chi connectivity index (χ3n) is 2.69. The molecule has 0 amide bonds. The van der Waals surface area contributed by atoms with E-state index < -0.39 is 0 Å². The number of hydrogen-bond acceptors (Lipinski definition) is 5. The largest absolute Gasteiger partial charge is 0.365 e. The molecule has 0 bridgehead atoms. The SMILES string of the molecule is CC(C)C(CCN)CCc1nc(N)no1. The van der Waals surface area contributed by atoms with Crippen LogP contribution in [0.4, 0.5) is 5.95 Å². The molecule has 0 spiro atoms. The maximum Gasteiger partial charge on any atom is 0.260 e. The van der Waals surface area contributed by atoms with Crippen LogP contribution in [0.3, 0.4) is 0 Å². The molecule has 5 nitrogen and oxygen atoms in total. The quantitative estimate of drug-likeness (QED) is 0.739. The Morgan fingerprint density at radius 2 is 2.07 bits per heavy atom. The Balaban J connectivity index is 2.39. The summed E-state index contributed by atoms with van der Waals surface area (Å²) in [7, 11) is 0. The Bertz CT molecular complexity index is 285. The zero-order valence-electron chi connectivity index (χ0n) is 9.44. The molecule has 86 valence electrons. The first-order valence-electron chi connectivity index (χ1n) is 5.41. The van der Waals surface area contributed by atoms with Gasteiger partial charge in [0, 0.05) is 6.42 Å². The van der Waals surface area contributed by atoms with E-state index in [0.29, 0.717) is 17.7 Å². The molecule has 0 saturated heterocycles. The van der Waals surface area contributed by atoms with E-state index in [1.165, 1.54) is 0 Å². The highest BCUT2D eigenvalue weighted by Gasteiger charge is 2.14. The van der Waals surface area contributed by atoms with Crippen molar-refractivity contribution in [2.45, 2.75) is 33.1 Å². The lowest BCUT2D eigenvalue weighted by molar-refractivity contribution is 0.314. The van der Waals surface area contributed by atoms with Gasteiger partial charge in [0.05, 0.1) is 0 Å². The number of nitrogen functional groups attached to an aromatic ring is 1. The zero-order chi connectivity index (χ0) is 11.3. The smallest absolute Gasteiger partial charge is 0.260 e. The minimum Gasteiger partial charge on any atom is -0.365 e. The number of nitrogens with two attached hydrogens (primary N) is 2. The first kappa shape index (κ1) is 12.0. The molecule has 0 aromatic carbocycles. The summed E-state index contributed by atoms with van der Waals surface area (Å²) in [5.74, 6) is 2.08. The molecule has 1 heterocycles. The van der Waals surface area contributed by atoms with Gasteiger partial charge in [-0.05, 0) is 36.4 Å². The normalized spacial score (nSPS) is 13.3. The van der Waals surface area contributed by atoms with Crippen LogP contribution >= 0.6 is 0 Å². The Labute approximate surface area is 90.2 Å². The maximum absolute atomic E-state index is 5.57. The summed E-state index contributed by atoms with van der Waals surface area (Å²) in [5.41, 5.74) is 10.9. The lowest BCUT2D eigenvalue weighted by atomic mass is 9.88. The number of aromatic nitrogens is 2. The number of rotatable bonds is 6. The highest BCUT2D eigenvalue weighted by molar-refractivity contribution is 5.10. The van der Waals surface area contributed by atoms with Gasteiger partial charge >= 0.3 is 0 Å². The molecule has 1 aromatic rings. The number of aryl methyl sites for hydroxylation is 1. The van der Waals surface area contributed by atoms with Crippen LogP contribution in [0, 0.1) is 11.8 Å². The summed E-state index contributed by atoms with van der Waals surface area (Å²) < 4.78 is 4.96. The topological polar surface area (TPSA) is 91.0 Å². The predicted molar refractivity (Wildman–Crippen MR) is 59.0 cm³/mol. The van der Waals surface area contributed by atoms with Crippen LogP contribution in [-0.2, 0) is 6.42 Å². The molecule has 1 aromatic heterocycles. The summed E-state index contributed by atoms with van der Waals surface area (Å²) in [4.78, 5) is 3.97. The molecule has 15 heavy (non-hydrogen) atoms. The second-order valence-electron chi connectivity index (χ2n) is 4.17. The van der Waals surface area contributed by atoms with Crippen LogP contribution in [0.25, 0.3) is 0 Å². The van der Waals surface area contributed by atoms with E-state index in [1.54, 1.807) is 0 Å². The molecule has 0 aliphatic carbocycles. The van der Waals surface area contributed by atoms with Gasteiger partial charge in [0.1, 0.15) is 0 Å². The van der Waals surface area contributed by atoms with Gasteiger partial charge in [-0.2, -0.15) is 4.98 Å². The van der Waals surface area contributed by atoms with Gasteiger partial charge < -0.3 is 16.0 Å². The minimum absolute atomic E-state index is 0.213. The molecule has 0 aliphatic heterocycles. The number of hydrogen-bond donors (Lipinski definition) is 2. The highest BCUT2D eigenvalue weighted by atomic mass is 16.5. The van der Waals surface area contributed by atoms with Crippen LogP contribution < -0.4 is 11.5 Å². The van der Waals surface area contributed by atoms with E-state index in [1.807, 2.05) is 0 Å². The van der Waals surface area contributed by atoms with E-state index in [2.05, 4.69) is 24.0 Å². The molecular weight excluding hydrogens is 192 g/mol. The van der Waals surface area contributed by atoms with Crippen molar-refractivity contribution in [3.05, 3.63) is 5.89 Å². The van der Waals surface area contributed by atoms with Crippen LogP contribution in [-0.4, -0.2) is 16.7 Å². The van der Waals surface area contributed by atoms with Crippen molar-refractivity contribution in [3.8, 4) is 0 Å². The molecule has 0 saturated carbocycles. The zero-order valence-corrected chi connectivity index (χ0v) is 9.44. The summed E-state index contributed by atoms with van der Waals surface area (Å²) in [6.07, 6.45) is 2.85. The van der Waals surface area contributed by atoms with E-state index in [9.17, 15) is 0 Å². The lowest BCUT2D eigenvalue weighted by Crippen LogP contribution is -2.15. The van der Waals surface area contributed by atoms with E-state index in [0.717, 1.165) is 25.8 Å². The average molecular weight is 212 g/mol. The molecule has 1 rings (SSSR count). The Morgan fingerprint density at radius 1 is 1.33 bits per heavy atom. The first-order chi connectivity index (χ1) is 7.13. The fraction of sp³-hybridized carbons (Fsp3) is 0.800. The second kappa shape index (κ2) is 5.70. The third kappa shape index (κ3) is 3.87. The first-order valence-corrected chi connectivity index (χ1v) is 5.41. The van der Waals surface area contributed by atoms with Gasteiger partial charge in [-0.15, -0.1) is 0 Å². The van der Waals surface area contributed by atoms with E-state index in [-0.39, 0.29) is 5.95 Å². The second-order valence-corrected chi connectivity index (χ2v) is 4.17. The summed E-state index contributed by atoms with van der Waals surface area (Å²) >= 11 is 0. The molecule has 0 fully saturated rings. The molecule has 5 heteroatoms. The van der Waals surface area contributed by atoms with Gasteiger partial charge in [0.2, 0.25) is 5.89 Å². The van der Waals surface area contributed by atoms with Crippen LogP contribution in [0.2, 0.25) is 0 Å². The third-order valence-corrected chi connectivity index (χ3v) is 2.69. The summed E-state index contributed by atoms with van der Waals surface area (Å²) in [5, 5.41) is 3.55. The van der Waals surface area contributed by atoms with Gasteiger partial charge in [-0.25, -0.2) is 0 Å². The molecule has 1 unspecified atom stereocenters. The van der Waals surface area contributed by atoms with Crippen molar-refractivity contribution >= 4 is 5.95 Å². The molecule has 1 atom stereocenters. The average Bonchev–Trinajstić information content (AvgIpc) is 2.58. The summed E-state index contributed by atoms with van der Waals surface area (Å²) in [6, 6.07) is 0. The van der Waals surface area contributed by atoms with Crippen molar-refractivity contribution in [2.24, 2.45) is 17.6 Å². The number of anilines is 1. The molecule has 4 N–H and O–H groups in total. The minimum atomic E-state index is 0.213. The summed E-state index contributed by atoms with van der Waals surface area (Å²) in [6.45, 7) is 5.15. The van der Waals surface area contributed by atoms with Gasteiger partial charge in [0.25, 0.3) is 5.95 Å². The lowest BCUT2D eigenvalue weighted by Gasteiger charge is -2.18. The van der Waals surface area contributed by atoms with Crippen LogP contribution in [0.15, 0.2) is 4.52 Å². The van der Waals surface area contributed by atoms with E-state index in [4.69, 9.17) is 16.0 Å². The van der Waals surface area contributed by atoms with Gasteiger partial charge in [-0.3, -0.25) is 0 Å². The highest BCUT2D eigenvalue weighted by Crippen LogP contribution is 2.20. The Hall–Kier alpha value is -1.10. The van der Waals surface area contributed by atoms with Crippen LogP contribution in [0.5, 0.6) is 0 Å². The van der Waals surface area contributed by atoms with Crippen molar-refractivity contribution in [1.29, 1.82) is 0 Å². The molecular formula is C10H20N4O. The van der Waals surface area contributed by atoms with Crippen molar-refractivity contribution in [1.82, 2.24) is 10.1 Å². The van der Waals surface area contributed by atoms with Gasteiger partial charge in [-0.1, -0.05) is 13.8 Å². The predicted octanol–water partition coefficient (Wildman–Crippen LogP) is 1.21. The van der Waals surface area contributed by atoms with Crippen molar-refractivity contribution in [2.75, 3.05) is 12.3 Å². The van der Waals surface area contributed by atoms with Crippen molar-refractivity contribution in [3.63, 3.8) is 0 Å². The fourth-order valence-electron chi connectivity index (χ4n) is 1.70. The van der Waals surface area contributed by atoms with Gasteiger partial charge in [0.15, 0.2) is 0 Å². The Kier molecular flexibility index (Phi) is 4.55. The monoisotopic (exact) mass is 212 g/mol. The standard InChI is InChI=1S/C10H20N4O/c1-7(2)8(5-6-11)3-4-9-13-10(12)14-15-9/h7-8H,3-6,11H2,1-2H3,(H2,12,14). The van der Waals surface area contributed by atoms with Crippen LogP contribution in [0.1, 0.15) is 32.6 Å². The molecule has 0 radical (unpaired) electrons. The van der Waals surface area contributed by atoms with E-state index >= 15 is 0 Å². The van der Waals surface area contributed by atoms with Crippen molar-refractivity contribution < 1.29 is 4.52 Å². The Morgan fingerprint density at radius 3 is 2.53 bits per heavy atom. The maximum atomic E-state index is 5.57. The fourth-order valence-corrected chi connectivity index (χ4v) is 1.70. The number of nitrogens with zero attached hydrogens (tertiary/aromatic N) is 2.